The summed E-state index contributed by atoms with van der Waals surface area (Å²) in [5.74, 6) is 1.23. The minimum Gasteiger partial charge on any atom is -0.342 e. The van der Waals surface area contributed by atoms with E-state index in [1.807, 2.05) is 67.0 Å². The van der Waals surface area contributed by atoms with E-state index in [0.717, 1.165) is 53.4 Å². The van der Waals surface area contributed by atoms with Gasteiger partial charge in [-0.15, -0.1) is 0 Å². The van der Waals surface area contributed by atoms with Gasteiger partial charge in [-0.3, -0.25) is 19.5 Å². The highest BCUT2D eigenvalue weighted by Gasteiger charge is 2.44. The average Bonchev–Trinajstić information content (AvgIpc) is 3.58. The van der Waals surface area contributed by atoms with Crippen LogP contribution in [0.3, 0.4) is 0 Å². The van der Waals surface area contributed by atoms with Gasteiger partial charge >= 0.3 is 0 Å². The normalized spacial score (nSPS) is 21.1. The van der Waals surface area contributed by atoms with E-state index in [-0.39, 0.29) is 29.5 Å². The van der Waals surface area contributed by atoms with Crippen molar-refractivity contribution in [2.24, 2.45) is 16.8 Å². The van der Waals surface area contributed by atoms with E-state index < -0.39 is 5.54 Å². The first-order chi connectivity index (χ1) is 17.7. The third-order valence-corrected chi connectivity index (χ3v) is 8.00. The first kappa shape index (κ1) is 23.8. The zero-order valence-corrected chi connectivity index (χ0v) is 21.6. The average molecular weight is 498 g/mol. The van der Waals surface area contributed by atoms with E-state index in [2.05, 4.69) is 6.07 Å². The van der Waals surface area contributed by atoms with Crippen molar-refractivity contribution in [3.05, 3.63) is 71.5 Å². The molecule has 3 aromatic carbocycles. The molecule has 2 heterocycles. The number of hydrogen-bond acceptors (Lipinski definition) is 3. The Morgan fingerprint density at radius 1 is 1.05 bits per heavy atom. The van der Waals surface area contributed by atoms with Gasteiger partial charge in [0.05, 0.1) is 0 Å². The Morgan fingerprint density at radius 3 is 2.57 bits per heavy atom. The van der Waals surface area contributed by atoms with Gasteiger partial charge in [-0.1, -0.05) is 42.5 Å². The Bertz CT molecular complexity index is 1460. The van der Waals surface area contributed by atoms with Crippen molar-refractivity contribution < 1.29 is 14.0 Å². The summed E-state index contributed by atoms with van der Waals surface area (Å²) in [6, 6.07) is 17.1. The molecule has 1 aliphatic carbocycles. The summed E-state index contributed by atoms with van der Waals surface area (Å²) in [6.07, 6.45) is 2.93. The molecule has 1 saturated carbocycles. The third kappa shape index (κ3) is 4.32. The molecular weight excluding hydrogens is 465 g/mol. The van der Waals surface area contributed by atoms with Gasteiger partial charge in [0.25, 0.3) is 5.91 Å². The van der Waals surface area contributed by atoms with Crippen LogP contribution < -0.4 is 0 Å². The zero-order chi connectivity index (χ0) is 25.9. The van der Waals surface area contributed by atoms with Crippen LogP contribution in [-0.4, -0.2) is 52.6 Å². The Hall–Kier alpha value is -3.54. The number of aliphatic imine (C=N–C) groups is 1. The van der Waals surface area contributed by atoms with Crippen molar-refractivity contribution in [3.8, 4) is 11.1 Å². The van der Waals surface area contributed by atoms with Gasteiger partial charge in [-0.25, -0.2) is 4.39 Å². The quantitative estimate of drug-likeness (QED) is 0.462. The molecule has 0 aromatic heterocycles. The number of carbonyl (C=O) groups is 2. The number of fused-ring (bicyclic) bond motifs is 1. The first-order valence-electron chi connectivity index (χ1n) is 13.2. The maximum atomic E-state index is 14.4. The fourth-order valence-electron chi connectivity index (χ4n) is 5.71. The molecule has 3 aromatic rings. The molecule has 0 N–H and O–H groups in total. The van der Waals surface area contributed by atoms with Crippen molar-refractivity contribution in [2.45, 2.75) is 45.6 Å². The molecule has 6 rings (SSSR count). The van der Waals surface area contributed by atoms with Crippen LogP contribution in [0.15, 0.2) is 59.6 Å². The molecule has 1 unspecified atom stereocenters. The monoisotopic (exact) mass is 497 g/mol. The van der Waals surface area contributed by atoms with Crippen LogP contribution in [0.4, 0.5) is 4.39 Å². The molecule has 0 radical (unpaired) electrons. The number of benzene rings is 3. The number of rotatable bonds is 5. The molecule has 0 bridgehead atoms. The molecular formula is C31H32FN3O2. The lowest BCUT2D eigenvalue weighted by Crippen LogP contribution is -2.43. The first-order valence-corrected chi connectivity index (χ1v) is 13.2. The van der Waals surface area contributed by atoms with Crippen molar-refractivity contribution in [2.75, 3.05) is 19.6 Å². The maximum absolute atomic E-state index is 14.4. The molecule has 0 spiro atoms. The summed E-state index contributed by atoms with van der Waals surface area (Å²) in [5.41, 5.74) is 3.06. The van der Waals surface area contributed by atoms with E-state index in [1.165, 1.54) is 6.07 Å². The van der Waals surface area contributed by atoms with E-state index in [1.54, 1.807) is 6.07 Å². The minimum absolute atomic E-state index is 0.00273. The molecule has 2 amide bonds. The van der Waals surface area contributed by atoms with Gasteiger partial charge in [-0.2, -0.15) is 0 Å². The van der Waals surface area contributed by atoms with Crippen LogP contribution in [-0.2, 0) is 9.59 Å². The van der Waals surface area contributed by atoms with Gasteiger partial charge in [0, 0.05) is 36.5 Å². The molecule has 1 atom stereocenters. The van der Waals surface area contributed by atoms with Crippen molar-refractivity contribution in [1.29, 1.82) is 0 Å². The van der Waals surface area contributed by atoms with Crippen molar-refractivity contribution >= 4 is 28.4 Å². The van der Waals surface area contributed by atoms with E-state index in [0.29, 0.717) is 24.3 Å². The SMILES string of the molecule is Cc1cc(-c2ccc3cccc(F)c3c2)ccc1C1=NC(C)(C)C(=O)N1CC1CCN(C(=O)C2CC2)C1. The number of amides is 2. The van der Waals surface area contributed by atoms with Crippen LogP contribution in [0.5, 0.6) is 0 Å². The number of nitrogens with zero attached hydrogens (tertiary/aromatic N) is 3. The lowest BCUT2D eigenvalue weighted by molar-refractivity contribution is -0.131. The molecule has 6 heteroatoms. The molecule has 37 heavy (non-hydrogen) atoms. The second kappa shape index (κ2) is 8.79. The van der Waals surface area contributed by atoms with Crippen LogP contribution in [0.25, 0.3) is 21.9 Å². The standard InChI is InChI=1S/C31H32FN3O2/c1-19-15-23(24-10-7-21-5-4-6-27(32)26(21)16-24)11-12-25(19)28-33-31(2,3)30(37)35(28)18-20-13-14-34(17-20)29(36)22-8-9-22/h4-7,10-12,15-16,20,22H,8-9,13-14,17-18H2,1-3H3. The second-order valence-corrected chi connectivity index (χ2v) is 11.3. The summed E-state index contributed by atoms with van der Waals surface area (Å²) in [5, 5.41) is 1.48. The number of hydrogen-bond donors (Lipinski definition) is 0. The zero-order valence-electron chi connectivity index (χ0n) is 21.6. The topological polar surface area (TPSA) is 53.0 Å². The number of amidine groups is 1. The third-order valence-electron chi connectivity index (χ3n) is 8.00. The highest BCUT2D eigenvalue weighted by atomic mass is 19.1. The summed E-state index contributed by atoms with van der Waals surface area (Å²) in [7, 11) is 0. The maximum Gasteiger partial charge on any atom is 0.255 e. The van der Waals surface area contributed by atoms with Crippen LogP contribution in [0.1, 0.15) is 44.2 Å². The van der Waals surface area contributed by atoms with Crippen molar-refractivity contribution in [1.82, 2.24) is 9.80 Å². The smallest absolute Gasteiger partial charge is 0.255 e. The van der Waals surface area contributed by atoms with E-state index in [9.17, 15) is 14.0 Å². The lowest BCUT2D eigenvalue weighted by atomic mass is 9.96. The predicted molar refractivity (Wildman–Crippen MR) is 144 cm³/mol. The molecule has 2 fully saturated rings. The number of aryl methyl sites for hydroxylation is 1. The number of carbonyl (C=O) groups excluding carboxylic acids is 2. The fraction of sp³-hybridized carbons (Fsp3) is 0.387. The summed E-state index contributed by atoms with van der Waals surface area (Å²) in [4.78, 5) is 34.6. The summed E-state index contributed by atoms with van der Waals surface area (Å²) < 4.78 is 14.4. The van der Waals surface area contributed by atoms with Crippen LogP contribution in [0.2, 0.25) is 0 Å². The summed E-state index contributed by atoms with van der Waals surface area (Å²) in [6.45, 7) is 7.81. The van der Waals surface area contributed by atoms with Crippen LogP contribution >= 0.6 is 0 Å². The van der Waals surface area contributed by atoms with Gasteiger partial charge < -0.3 is 4.90 Å². The molecule has 5 nitrogen and oxygen atoms in total. The van der Waals surface area contributed by atoms with Crippen LogP contribution in [0, 0.1) is 24.6 Å². The van der Waals surface area contributed by atoms with Crippen molar-refractivity contribution in [3.63, 3.8) is 0 Å². The lowest BCUT2D eigenvalue weighted by Gasteiger charge is -2.25. The highest BCUT2D eigenvalue weighted by Crippen LogP contribution is 2.35. The Morgan fingerprint density at radius 2 is 1.81 bits per heavy atom. The molecule has 2 aliphatic heterocycles. The number of likely N-dealkylation sites (tertiary alicyclic amines) is 1. The Labute approximate surface area is 217 Å². The fourth-order valence-corrected chi connectivity index (χ4v) is 5.71. The molecule has 3 aliphatic rings. The van der Waals surface area contributed by atoms with Gasteiger partial charge in [0.15, 0.2) is 0 Å². The second-order valence-electron chi connectivity index (χ2n) is 11.3. The predicted octanol–water partition coefficient (Wildman–Crippen LogP) is 5.58. The highest BCUT2D eigenvalue weighted by molar-refractivity contribution is 6.15. The van der Waals surface area contributed by atoms with E-state index >= 15 is 0 Å². The number of halogens is 1. The Balaban J connectivity index is 1.27. The van der Waals surface area contributed by atoms with Gasteiger partial charge in [0.2, 0.25) is 5.91 Å². The van der Waals surface area contributed by atoms with Gasteiger partial charge in [-0.05, 0) is 80.2 Å². The molecule has 190 valence electrons. The van der Waals surface area contributed by atoms with Gasteiger partial charge in [0.1, 0.15) is 17.2 Å². The summed E-state index contributed by atoms with van der Waals surface area (Å²) >= 11 is 0. The van der Waals surface area contributed by atoms with E-state index in [4.69, 9.17) is 4.99 Å². The largest absolute Gasteiger partial charge is 0.342 e. The molecule has 1 saturated heterocycles. The Kier molecular flexibility index (Phi) is 5.66. The minimum atomic E-state index is -0.821.